The fourth-order valence-corrected chi connectivity index (χ4v) is 2.10. The fourth-order valence-electron chi connectivity index (χ4n) is 2.10. The van der Waals surface area contributed by atoms with E-state index in [-0.39, 0.29) is 17.9 Å². The van der Waals surface area contributed by atoms with Crippen molar-refractivity contribution in [3.8, 4) is 0 Å². The first-order chi connectivity index (χ1) is 10.4. The highest BCUT2D eigenvalue weighted by molar-refractivity contribution is 5.88. The van der Waals surface area contributed by atoms with Gasteiger partial charge in [0.25, 0.3) is 11.5 Å². The zero-order valence-electron chi connectivity index (χ0n) is 12.6. The topological polar surface area (TPSA) is 92.4 Å². The van der Waals surface area contributed by atoms with E-state index in [9.17, 15) is 14.4 Å². The minimum absolute atomic E-state index is 0.123. The number of rotatable bonds is 4. The molecule has 7 heteroatoms. The molecule has 0 aliphatic heterocycles. The van der Waals surface area contributed by atoms with Gasteiger partial charge in [0, 0.05) is 19.5 Å². The summed E-state index contributed by atoms with van der Waals surface area (Å²) in [7, 11) is 3.17. The highest BCUT2D eigenvalue weighted by Crippen LogP contribution is 2.13. The number of carbonyl (C=O) groups is 2. The van der Waals surface area contributed by atoms with E-state index in [1.54, 1.807) is 38.4 Å². The Hall–Kier alpha value is -2.70. The number of ether oxygens (including phenoxy) is 1. The summed E-state index contributed by atoms with van der Waals surface area (Å²) in [6.07, 6.45) is -0.987. The summed E-state index contributed by atoms with van der Waals surface area (Å²) in [5, 5.41) is 7.30. The van der Waals surface area contributed by atoms with Gasteiger partial charge >= 0.3 is 5.97 Å². The number of H-pyrrole nitrogens is 1. The molecular weight excluding hydrogens is 286 g/mol. The van der Waals surface area contributed by atoms with Gasteiger partial charge in [-0.3, -0.25) is 14.4 Å². The maximum Gasteiger partial charge on any atom is 0.312 e. The predicted octanol–water partition coefficient (Wildman–Crippen LogP) is 0.485. The Morgan fingerprint density at radius 2 is 1.91 bits per heavy atom. The van der Waals surface area contributed by atoms with Gasteiger partial charge in [0.05, 0.1) is 17.5 Å². The number of aromatic nitrogens is 2. The Labute approximate surface area is 126 Å². The highest BCUT2D eigenvalue weighted by Gasteiger charge is 2.20. The molecular formula is C15H17N3O4. The molecule has 7 nitrogen and oxygen atoms in total. The number of amides is 1. The van der Waals surface area contributed by atoms with Gasteiger partial charge in [-0.05, 0) is 13.0 Å². The first kappa shape index (κ1) is 15.7. The first-order valence-electron chi connectivity index (χ1n) is 6.77. The molecule has 22 heavy (non-hydrogen) atoms. The van der Waals surface area contributed by atoms with Gasteiger partial charge in [-0.2, -0.15) is 5.10 Å². The molecule has 116 valence electrons. The normalized spacial score (nSPS) is 12.0. The molecule has 0 unspecified atom stereocenters. The minimum atomic E-state index is -0.864. The molecule has 1 aromatic heterocycles. The van der Waals surface area contributed by atoms with Gasteiger partial charge < -0.3 is 9.64 Å². The van der Waals surface area contributed by atoms with Crippen LogP contribution in [0.5, 0.6) is 0 Å². The second-order valence-corrected chi connectivity index (χ2v) is 5.09. The third kappa shape index (κ3) is 3.30. The summed E-state index contributed by atoms with van der Waals surface area (Å²) >= 11 is 0. The van der Waals surface area contributed by atoms with Crippen molar-refractivity contribution < 1.29 is 14.3 Å². The van der Waals surface area contributed by atoms with Crippen molar-refractivity contribution in [3.05, 3.63) is 40.3 Å². The number of esters is 1. The van der Waals surface area contributed by atoms with Crippen molar-refractivity contribution in [3.63, 3.8) is 0 Å². The van der Waals surface area contributed by atoms with Crippen molar-refractivity contribution in [1.82, 2.24) is 15.1 Å². The Kier molecular flexibility index (Phi) is 4.55. The Morgan fingerprint density at radius 1 is 1.27 bits per heavy atom. The van der Waals surface area contributed by atoms with Crippen molar-refractivity contribution in [2.24, 2.45) is 0 Å². The molecule has 0 aliphatic carbocycles. The largest absolute Gasteiger partial charge is 0.452 e. The van der Waals surface area contributed by atoms with Gasteiger partial charge in [-0.25, -0.2) is 5.10 Å². The monoisotopic (exact) mass is 303 g/mol. The van der Waals surface area contributed by atoms with Crippen molar-refractivity contribution in [2.45, 2.75) is 19.4 Å². The number of benzene rings is 1. The first-order valence-corrected chi connectivity index (χ1v) is 6.77. The number of hydrogen-bond donors (Lipinski definition) is 1. The third-order valence-corrected chi connectivity index (χ3v) is 3.18. The predicted molar refractivity (Wildman–Crippen MR) is 80.3 cm³/mol. The van der Waals surface area contributed by atoms with Gasteiger partial charge in [0.1, 0.15) is 0 Å². The standard InChI is InChI=1S/C15H17N3O4/c1-9(15(21)18(2)3)22-13(19)8-12-10-6-4-5-7-11(10)14(20)17-16-12/h4-7,9H,8H2,1-3H3,(H,17,20)/t9-/m0/s1. The van der Waals surface area contributed by atoms with Crippen molar-refractivity contribution >= 4 is 22.6 Å². The maximum atomic E-state index is 12.0. The molecule has 0 bridgehead atoms. The Bertz CT molecular complexity index is 767. The zero-order valence-corrected chi connectivity index (χ0v) is 12.6. The van der Waals surface area contributed by atoms with Crippen molar-refractivity contribution in [2.75, 3.05) is 14.1 Å². The number of nitrogens with zero attached hydrogens (tertiary/aromatic N) is 2. The van der Waals surface area contributed by atoms with Crippen LogP contribution in [0.4, 0.5) is 0 Å². The second kappa shape index (κ2) is 6.38. The van der Waals surface area contributed by atoms with Crippen LogP contribution in [0.3, 0.4) is 0 Å². The summed E-state index contributed by atoms with van der Waals surface area (Å²) in [4.78, 5) is 36.7. The summed E-state index contributed by atoms with van der Waals surface area (Å²) in [5.41, 5.74) is 0.0913. The van der Waals surface area contributed by atoms with Gasteiger partial charge in [0.15, 0.2) is 6.10 Å². The lowest BCUT2D eigenvalue weighted by molar-refractivity contribution is -0.157. The van der Waals surface area contributed by atoms with Crippen LogP contribution in [0.1, 0.15) is 12.6 Å². The van der Waals surface area contributed by atoms with Crippen LogP contribution < -0.4 is 5.56 Å². The summed E-state index contributed by atoms with van der Waals surface area (Å²) in [6, 6.07) is 6.87. The number of fused-ring (bicyclic) bond motifs is 1. The SMILES string of the molecule is C[C@H](OC(=O)Cc1n[nH]c(=O)c2ccccc12)C(=O)N(C)C. The smallest absolute Gasteiger partial charge is 0.312 e. The van der Waals surface area contributed by atoms with Crippen molar-refractivity contribution in [1.29, 1.82) is 0 Å². The Balaban J connectivity index is 2.18. The minimum Gasteiger partial charge on any atom is -0.452 e. The molecule has 0 aliphatic rings. The lowest BCUT2D eigenvalue weighted by Gasteiger charge is -2.17. The third-order valence-electron chi connectivity index (χ3n) is 3.18. The number of carbonyl (C=O) groups excluding carboxylic acids is 2. The fraction of sp³-hybridized carbons (Fsp3) is 0.333. The molecule has 1 aromatic carbocycles. The molecule has 2 rings (SSSR count). The molecule has 0 radical (unpaired) electrons. The molecule has 0 fully saturated rings. The van der Waals surface area contributed by atoms with Crippen LogP contribution in [0, 0.1) is 0 Å². The average Bonchev–Trinajstić information content (AvgIpc) is 2.49. The Morgan fingerprint density at radius 3 is 2.55 bits per heavy atom. The molecule has 2 aromatic rings. The van der Waals surface area contributed by atoms with E-state index >= 15 is 0 Å². The molecule has 1 atom stereocenters. The van der Waals surface area contributed by atoms with Gasteiger partial charge in [-0.15, -0.1) is 0 Å². The van der Waals surface area contributed by atoms with Gasteiger partial charge in [0.2, 0.25) is 0 Å². The van der Waals surface area contributed by atoms with Crippen LogP contribution in [0.25, 0.3) is 10.8 Å². The summed E-state index contributed by atoms with van der Waals surface area (Å²) < 4.78 is 5.09. The molecule has 0 spiro atoms. The number of likely N-dealkylation sites (N-methyl/N-ethyl adjacent to an activating group) is 1. The van der Waals surface area contributed by atoms with E-state index in [0.29, 0.717) is 16.5 Å². The zero-order chi connectivity index (χ0) is 16.3. The van der Waals surface area contributed by atoms with Gasteiger partial charge in [-0.1, -0.05) is 18.2 Å². The maximum absolute atomic E-state index is 12.0. The lowest BCUT2D eigenvalue weighted by atomic mass is 10.1. The van der Waals surface area contributed by atoms with Crippen LogP contribution >= 0.6 is 0 Å². The summed E-state index contributed by atoms with van der Waals surface area (Å²) in [6.45, 7) is 1.51. The van der Waals surface area contributed by atoms with Crippen LogP contribution in [-0.2, 0) is 20.7 Å². The van der Waals surface area contributed by atoms with E-state index in [0.717, 1.165) is 0 Å². The average molecular weight is 303 g/mol. The number of hydrogen-bond acceptors (Lipinski definition) is 5. The summed E-state index contributed by atoms with van der Waals surface area (Å²) in [5.74, 6) is -0.875. The molecule has 1 N–H and O–H groups in total. The molecule has 1 amide bonds. The van der Waals surface area contributed by atoms with E-state index in [2.05, 4.69) is 10.2 Å². The van der Waals surface area contributed by atoms with E-state index < -0.39 is 12.1 Å². The van der Waals surface area contributed by atoms with E-state index in [1.165, 1.54) is 11.8 Å². The van der Waals surface area contributed by atoms with Crippen LogP contribution in [0.2, 0.25) is 0 Å². The highest BCUT2D eigenvalue weighted by atomic mass is 16.5. The van der Waals surface area contributed by atoms with Crippen LogP contribution in [-0.4, -0.2) is 47.2 Å². The van der Waals surface area contributed by atoms with E-state index in [1.807, 2.05) is 0 Å². The van der Waals surface area contributed by atoms with E-state index in [4.69, 9.17) is 4.74 Å². The second-order valence-electron chi connectivity index (χ2n) is 5.09. The molecule has 0 saturated heterocycles. The molecule has 0 saturated carbocycles. The molecule has 1 heterocycles. The lowest BCUT2D eigenvalue weighted by Crippen LogP contribution is -2.35. The number of aromatic amines is 1. The number of nitrogens with one attached hydrogen (secondary N) is 1. The quantitative estimate of drug-likeness (QED) is 0.830. The van der Waals surface area contributed by atoms with Crippen LogP contribution in [0.15, 0.2) is 29.1 Å².